The van der Waals surface area contributed by atoms with Crippen molar-refractivity contribution < 1.29 is 14.7 Å². The van der Waals surface area contributed by atoms with Crippen LogP contribution in [0, 0.1) is 0 Å². The number of carboxylic acid groups (broad SMARTS) is 1. The summed E-state index contributed by atoms with van der Waals surface area (Å²) >= 11 is 0. The molecule has 2 unspecified atom stereocenters. The van der Waals surface area contributed by atoms with Gasteiger partial charge in [-0.05, 0) is 50.4 Å². The standard InChI is InChI=1S/C16H23N3O3/c1-3-11-6-7-12(9-13(11)17)18-15(20)10(2)19-8-4-5-14(19)16(21)22/h6-7,9-10,14H,3-5,8,17H2,1-2H3,(H,18,20)(H,21,22). The molecule has 0 radical (unpaired) electrons. The van der Waals surface area contributed by atoms with Gasteiger partial charge in [0.15, 0.2) is 0 Å². The molecule has 1 aliphatic heterocycles. The lowest BCUT2D eigenvalue weighted by atomic mass is 10.1. The molecule has 2 rings (SSSR count). The summed E-state index contributed by atoms with van der Waals surface area (Å²) in [6.45, 7) is 4.38. The van der Waals surface area contributed by atoms with Gasteiger partial charge in [0.1, 0.15) is 6.04 Å². The third-order valence-electron chi connectivity index (χ3n) is 4.25. The summed E-state index contributed by atoms with van der Waals surface area (Å²) in [7, 11) is 0. The number of nitrogen functional groups attached to an aromatic ring is 1. The van der Waals surface area contributed by atoms with Gasteiger partial charge in [-0.25, -0.2) is 0 Å². The lowest BCUT2D eigenvalue weighted by molar-refractivity contribution is -0.143. The average Bonchev–Trinajstić information content (AvgIpc) is 2.96. The maximum absolute atomic E-state index is 12.3. The Kier molecular flexibility index (Phi) is 5.03. The van der Waals surface area contributed by atoms with Crippen molar-refractivity contribution in [3.63, 3.8) is 0 Å². The van der Waals surface area contributed by atoms with Gasteiger partial charge in [0.25, 0.3) is 0 Å². The topological polar surface area (TPSA) is 95.7 Å². The third kappa shape index (κ3) is 3.39. The highest BCUT2D eigenvalue weighted by Gasteiger charge is 2.36. The molecule has 6 nitrogen and oxygen atoms in total. The van der Waals surface area contributed by atoms with Crippen LogP contribution in [0.5, 0.6) is 0 Å². The zero-order valence-electron chi connectivity index (χ0n) is 13.0. The summed E-state index contributed by atoms with van der Waals surface area (Å²) in [6, 6.07) is 4.38. The molecule has 6 heteroatoms. The van der Waals surface area contributed by atoms with Gasteiger partial charge < -0.3 is 16.2 Å². The van der Waals surface area contributed by atoms with Crippen molar-refractivity contribution in [3.8, 4) is 0 Å². The Balaban J connectivity index is 2.05. The highest BCUT2D eigenvalue weighted by molar-refractivity contribution is 5.95. The molecule has 1 aliphatic rings. The Hall–Kier alpha value is -2.08. The Bertz CT molecular complexity index is 574. The molecule has 1 aromatic carbocycles. The van der Waals surface area contributed by atoms with Crippen molar-refractivity contribution >= 4 is 23.3 Å². The van der Waals surface area contributed by atoms with E-state index in [9.17, 15) is 14.7 Å². The summed E-state index contributed by atoms with van der Waals surface area (Å²) in [4.78, 5) is 25.3. The molecule has 0 saturated carbocycles. The maximum atomic E-state index is 12.3. The number of hydrogen-bond donors (Lipinski definition) is 3. The number of hydrogen-bond acceptors (Lipinski definition) is 4. The second-order valence-electron chi connectivity index (χ2n) is 5.67. The molecule has 0 spiro atoms. The van der Waals surface area contributed by atoms with Gasteiger partial charge in [-0.3, -0.25) is 14.5 Å². The molecular weight excluding hydrogens is 282 g/mol. The van der Waals surface area contributed by atoms with Crippen LogP contribution in [-0.4, -0.2) is 40.5 Å². The molecule has 0 bridgehead atoms. The summed E-state index contributed by atoms with van der Waals surface area (Å²) in [6.07, 6.45) is 2.22. The number of rotatable bonds is 5. The number of likely N-dealkylation sites (tertiary alicyclic amines) is 1. The average molecular weight is 305 g/mol. The molecule has 1 saturated heterocycles. The highest BCUT2D eigenvalue weighted by Crippen LogP contribution is 2.22. The molecule has 1 fully saturated rings. The van der Waals surface area contributed by atoms with Crippen LogP contribution in [0.3, 0.4) is 0 Å². The number of aliphatic carboxylic acids is 1. The summed E-state index contributed by atoms with van der Waals surface area (Å²) < 4.78 is 0. The predicted octanol–water partition coefficient (Wildman–Crippen LogP) is 1.71. The van der Waals surface area contributed by atoms with Crippen molar-refractivity contribution in [3.05, 3.63) is 23.8 Å². The minimum atomic E-state index is -0.867. The fourth-order valence-electron chi connectivity index (χ4n) is 2.91. The Morgan fingerprint density at radius 2 is 2.23 bits per heavy atom. The molecule has 2 atom stereocenters. The van der Waals surface area contributed by atoms with E-state index in [2.05, 4.69) is 5.32 Å². The second kappa shape index (κ2) is 6.79. The van der Waals surface area contributed by atoms with Crippen LogP contribution in [-0.2, 0) is 16.0 Å². The van der Waals surface area contributed by atoms with Crippen LogP contribution in [0.2, 0.25) is 0 Å². The quantitative estimate of drug-likeness (QED) is 0.720. The van der Waals surface area contributed by atoms with Gasteiger partial charge in [0.05, 0.1) is 6.04 Å². The first-order chi connectivity index (χ1) is 10.4. The Morgan fingerprint density at radius 3 is 2.82 bits per heavy atom. The van der Waals surface area contributed by atoms with Gasteiger partial charge in [-0.1, -0.05) is 13.0 Å². The number of anilines is 2. The maximum Gasteiger partial charge on any atom is 0.320 e. The second-order valence-corrected chi connectivity index (χ2v) is 5.67. The first-order valence-corrected chi connectivity index (χ1v) is 7.61. The summed E-state index contributed by atoms with van der Waals surface area (Å²) in [5.74, 6) is -1.08. The van der Waals surface area contributed by atoms with E-state index >= 15 is 0 Å². The fourth-order valence-corrected chi connectivity index (χ4v) is 2.91. The van der Waals surface area contributed by atoms with Gasteiger partial charge in [0, 0.05) is 11.4 Å². The van der Waals surface area contributed by atoms with E-state index < -0.39 is 18.1 Å². The normalized spacial score (nSPS) is 19.8. The van der Waals surface area contributed by atoms with Crippen molar-refractivity contribution in [1.29, 1.82) is 0 Å². The number of nitrogens with one attached hydrogen (secondary N) is 1. The fraction of sp³-hybridized carbons (Fsp3) is 0.500. The minimum absolute atomic E-state index is 0.211. The summed E-state index contributed by atoms with van der Waals surface area (Å²) in [5.41, 5.74) is 8.25. The SMILES string of the molecule is CCc1ccc(NC(=O)C(C)N2CCCC2C(=O)O)cc1N. The van der Waals surface area contributed by atoms with Crippen LogP contribution in [0.4, 0.5) is 11.4 Å². The van der Waals surface area contributed by atoms with Crippen molar-refractivity contribution in [1.82, 2.24) is 4.90 Å². The Labute approximate surface area is 130 Å². The van der Waals surface area contributed by atoms with Gasteiger partial charge in [-0.2, -0.15) is 0 Å². The van der Waals surface area contributed by atoms with Gasteiger partial charge in [-0.15, -0.1) is 0 Å². The molecule has 1 heterocycles. The number of benzene rings is 1. The molecule has 1 aromatic rings. The van der Waals surface area contributed by atoms with Crippen LogP contribution < -0.4 is 11.1 Å². The molecule has 1 amide bonds. The van der Waals surface area contributed by atoms with Crippen molar-refractivity contribution in [2.45, 2.75) is 45.2 Å². The highest BCUT2D eigenvalue weighted by atomic mass is 16.4. The summed E-state index contributed by atoms with van der Waals surface area (Å²) in [5, 5.41) is 12.0. The first kappa shape index (κ1) is 16.3. The van der Waals surface area contributed by atoms with E-state index in [0.717, 1.165) is 18.4 Å². The number of carbonyl (C=O) groups is 2. The molecular formula is C16H23N3O3. The zero-order valence-corrected chi connectivity index (χ0v) is 13.0. The molecule has 22 heavy (non-hydrogen) atoms. The van der Waals surface area contributed by atoms with Crippen molar-refractivity contribution in [2.75, 3.05) is 17.6 Å². The molecule has 120 valence electrons. The largest absolute Gasteiger partial charge is 0.480 e. The number of carboxylic acids is 1. The Morgan fingerprint density at radius 1 is 1.50 bits per heavy atom. The number of carbonyl (C=O) groups excluding carboxylic acids is 1. The third-order valence-corrected chi connectivity index (χ3v) is 4.25. The van der Waals surface area contributed by atoms with E-state index in [1.807, 2.05) is 19.1 Å². The van der Waals surface area contributed by atoms with Crippen LogP contribution in [0.15, 0.2) is 18.2 Å². The molecule has 4 N–H and O–H groups in total. The lowest BCUT2D eigenvalue weighted by Gasteiger charge is -2.27. The van der Waals surface area contributed by atoms with E-state index in [1.54, 1.807) is 17.9 Å². The van der Waals surface area contributed by atoms with E-state index in [1.165, 1.54) is 0 Å². The zero-order chi connectivity index (χ0) is 16.3. The van der Waals surface area contributed by atoms with E-state index in [4.69, 9.17) is 5.73 Å². The lowest BCUT2D eigenvalue weighted by Crippen LogP contribution is -2.47. The van der Waals surface area contributed by atoms with Gasteiger partial charge >= 0.3 is 5.97 Å². The van der Waals surface area contributed by atoms with Crippen LogP contribution in [0.25, 0.3) is 0 Å². The molecule has 0 aliphatic carbocycles. The molecule has 0 aromatic heterocycles. The smallest absolute Gasteiger partial charge is 0.320 e. The first-order valence-electron chi connectivity index (χ1n) is 7.61. The van der Waals surface area contributed by atoms with E-state index in [0.29, 0.717) is 24.3 Å². The number of nitrogens with zero attached hydrogens (tertiary/aromatic N) is 1. The van der Waals surface area contributed by atoms with Gasteiger partial charge in [0.2, 0.25) is 5.91 Å². The minimum Gasteiger partial charge on any atom is -0.480 e. The number of aryl methyl sites for hydroxylation is 1. The van der Waals surface area contributed by atoms with Crippen LogP contribution in [0.1, 0.15) is 32.3 Å². The monoisotopic (exact) mass is 305 g/mol. The predicted molar refractivity (Wildman–Crippen MR) is 85.7 cm³/mol. The van der Waals surface area contributed by atoms with Crippen molar-refractivity contribution in [2.24, 2.45) is 0 Å². The van der Waals surface area contributed by atoms with E-state index in [-0.39, 0.29) is 5.91 Å². The number of nitrogens with two attached hydrogens (primary N) is 1. The number of amides is 1. The van der Waals surface area contributed by atoms with Crippen LogP contribution >= 0.6 is 0 Å².